The van der Waals surface area contributed by atoms with E-state index in [-0.39, 0.29) is 5.78 Å². The Kier molecular flexibility index (Phi) is 4.46. The number of halogens is 1. The van der Waals surface area contributed by atoms with Crippen LogP contribution in [0.5, 0.6) is 5.75 Å². The number of carbonyl (C=O) groups is 1. The topological polar surface area (TPSA) is 42.1 Å². The van der Waals surface area contributed by atoms with Gasteiger partial charge in [-0.25, -0.2) is 0 Å². The molecule has 26 heavy (non-hydrogen) atoms. The summed E-state index contributed by atoms with van der Waals surface area (Å²) in [6.45, 7) is 0.507. The fourth-order valence-electron chi connectivity index (χ4n) is 2.82. The Labute approximate surface area is 156 Å². The van der Waals surface area contributed by atoms with E-state index in [0.29, 0.717) is 22.9 Å². The number of carbonyl (C=O) groups excluding carboxylic acids is 1. The van der Waals surface area contributed by atoms with Gasteiger partial charge in [-0.05, 0) is 54.1 Å². The summed E-state index contributed by atoms with van der Waals surface area (Å²) >= 11 is 5.88. The van der Waals surface area contributed by atoms with E-state index in [0.717, 1.165) is 22.2 Å². The van der Waals surface area contributed by atoms with Gasteiger partial charge in [0.05, 0.1) is 5.69 Å². The molecule has 0 saturated heterocycles. The summed E-state index contributed by atoms with van der Waals surface area (Å²) in [7, 11) is 0. The Balaban J connectivity index is 1.55. The molecule has 0 atom stereocenters. The maximum atomic E-state index is 12.6. The Morgan fingerprint density at radius 3 is 2.46 bits per heavy atom. The second-order valence-corrected chi connectivity index (χ2v) is 6.48. The Morgan fingerprint density at radius 1 is 0.923 bits per heavy atom. The monoisotopic (exact) mass is 361 g/mol. The Hall–Kier alpha value is -3.04. The Bertz CT molecular complexity index is 1050. The normalized spacial score (nSPS) is 10.8. The van der Waals surface area contributed by atoms with Crippen molar-refractivity contribution in [1.82, 2.24) is 4.98 Å². The SMILES string of the molecule is O=C(c1ccc(Cl)cc1)c1cc2cc(OCc3ccccc3)ccc2[nH]1. The number of nitrogens with one attached hydrogen (secondary N) is 1. The van der Waals surface area contributed by atoms with Gasteiger partial charge in [-0.1, -0.05) is 41.9 Å². The van der Waals surface area contributed by atoms with Crippen molar-refractivity contribution in [1.29, 1.82) is 0 Å². The van der Waals surface area contributed by atoms with Crippen LogP contribution in [0, 0.1) is 0 Å². The van der Waals surface area contributed by atoms with E-state index >= 15 is 0 Å². The van der Waals surface area contributed by atoms with Crippen molar-refractivity contribution in [3.05, 3.63) is 101 Å². The van der Waals surface area contributed by atoms with Crippen LogP contribution in [0.1, 0.15) is 21.6 Å². The van der Waals surface area contributed by atoms with Crippen LogP contribution in [0.3, 0.4) is 0 Å². The summed E-state index contributed by atoms with van der Waals surface area (Å²) in [6.07, 6.45) is 0. The molecule has 0 spiro atoms. The second-order valence-electron chi connectivity index (χ2n) is 6.04. The largest absolute Gasteiger partial charge is 0.489 e. The van der Waals surface area contributed by atoms with Crippen molar-refractivity contribution in [2.75, 3.05) is 0 Å². The summed E-state index contributed by atoms with van der Waals surface area (Å²) in [5.74, 6) is 0.704. The van der Waals surface area contributed by atoms with Crippen LogP contribution in [-0.2, 0) is 6.61 Å². The maximum absolute atomic E-state index is 12.6. The van der Waals surface area contributed by atoms with E-state index in [1.54, 1.807) is 24.3 Å². The fraction of sp³-hybridized carbons (Fsp3) is 0.0455. The van der Waals surface area contributed by atoms with E-state index in [4.69, 9.17) is 16.3 Å². The van der Waals surface area contributed by atoms with Crippen molar-refractivity contribution in [3.63, 3.8) is 0 Å². The zero-order valence-corrected chi connectivity index (χ0v) is 14.7. The maximum Gasteiger partial charge on any atom is 0.209 e. The molecule has 0 saturated carbocycles. The number of aromatic amines is 1. The number of hydrogen-bond donors (Lipinski definition) is 1. The molecule has 1 N–H and O–H groups in total. The van der Waals surface area contributed by atoms with E-state index in [1.165, 1.54) is 0 Å². The number of hydrogen-bond acceptors (Lipinski definition) is 2. The highest BCUT2D eigenvalue weighted by atomic mass is 35.5. The average molecular weight is 362 g/mol. The molecule has 1 aromatic heterocycles. The van der Waals surface area contributed by atoms with Gasteiger partial charge < -0.3 is 9.72 Å². The molecule has 0 bridgehead atoms. The van der Waals surface area contributed by atoms with E-state index in [1.807, 2.05) is 54.6 Å². The van der Waals surface area contributed by atoms with Crippen molar-refractivity contribution in [2.45, 2.75) is 6.61 Å². The van der Waals surface area contributed by atoms with Crippen molar-refractivity contribution < 1.29 is 9.53 Å². The van der Waals surface area contributed by atoms with Crippen LogP contribution in [-0.4, -0.2) is 10.8 Å². The van der Waals surface area contributed by atoms with Gasteiger partial charge in [0.15, 0.2) is 0 Å². The van der Waals surface area contributed by atoms with Gasteiger partial charge in [-0.2, -0.15) is 0 Å². The average Bonchev–Trinajstić information content (AvgIpc) is 3.10. The second kappa shape index (κ2) is 7.06. The van der Waals surface area contributed by atoms with Crippen LogP contribution in [0.2, 0.25) is 5.02 Å². The lowest BCUT2D eigenvalue weighted by molar-refractivity contribution is 0.103. The zero-order valence-electron chi connectivity index (χ0n) is 13.9. The van der Waals surface area contributed by atoms with Gasteiger partial charge in [0.2, 0.25) is 5.78 Å². The minimum absolute atomic E-state index is 0.0652. The molecule has 128 valence electrons. The third kappa shape index (κ3) is 3.48. The van der Waals surface area contributed by atoms with Crippen molar-refractivity contribution in [2.24, 2.45) is 0 Å². The molecule has 0 aliphatic rings. The molecule has 4 heteroatoms. The lowest BCUT2D eigenvalue weighted by atomic mass is 10.1. The van der Waals surface area contributed by atoms with Crippen LogP contribution < -0.4 is 4.74 Å². The minimum atomic E-state index is -0.0652. The third-order valence-corrected chi connectivity index (χ3v) is 4.44. The molecule has 4 aromatic rings. The highest BCUT2D eigenvalue weighted by Gasteiger charge is 2.12. The lowest BCUT2D eigenvalue weighted by Crippen LogP contribution is -2.00. The standard InChI is InChI=1S/C22H16ClNO2/c23-18-8-6-16(7-9-18)22(25)21-13-17-12-19(10-11-20(17)24-21)26-14-15-4-2-1-3-5-15/h1-13,24H,14H2. The summed E-state index contributed by atoms with van der Waals surface area (Å²) < 4.78 is 5.85. The van der Waals surface area contributed by atoms with Gasteiger partial charge in [0, 0.05) is 21.5 Å². The first-order chi connectivity index (χ1) is 12.7. The first-order valence-corrected chi connectivity index (χ1v) is 8.66. The smallest absolute Gasteiger partial charge is 0.209 e. The predicted octanol–water partition coefficient (Wildman–Crippen LogP) is 5.63. The van der Waals surface area contributed by atoms with E-state index in [9.17, 15) is 4.79 Å². The van der Waals surface area contributed by atoms with E-state index in [2.05, 4.69) is 4.98 Å². The number of ketones is 1. The lowest BCUT2D eigenvalue weighted by Gasteiger charge is -2.06. The number of fused-ring (bicyclic) bond motifs is 1. The first kappa shape index (κ1) is 16.4. The first-order valence-electron chi connectivity index (χ1n) is 8.29. The molecule has 3 nitrogen and oxygen atoms in total. The highest BCUT2D eigenvalue weighted by molar-refractivity contribution is 6.30. The fourth-order valence-corrected chi connectivity index (χ4v) is 2.95. The molecule has 1 heterocycles. The predicted molar refractivity (Wildman–Crippen MR) is 104 cm³/mol. The quantitative estimate of drug-likeness (QED) is 0.468. The number of benzene rings is 3. The number of aromatic nitrogens is 1. The summed E-state index contributed by atoms with van der Waals surface area (Å²) in [5.41, 5.74) is 3.15. The molecule has 3 aromatic carbocycles. The van der Waals surface area contributed by atoms with Gasteiger partial charge in [-0.3, -0.25) is 4.79 Å². The summed E-state index contributed by atoms with van der Waals surface area (Å²) in [5, 5.41) is 1.55. The zero-order chi connectivity index (χ0) is 17.9. The molecule has 4 rings (SSSR count). The van der Waals surface area contributed by atoms with Crippen molar-refractivity contribution in [3.8, 4) is 5.75 Å². The van der Waals surface area contributed by atoms with E-state index < -0.39 is 0 Å². The van der Waals surface area contributed by atoms with Crippen LogP contribution in [0.4, 0.5) is 0 Å². The molecular formula is C22H16ClNO2. The van der Waals surface area contributed by atoms with Gasteiger partial charge in [-0.15, -0.1) is 0 Å². The van der Waals surface area contributed by atoms with Crippen LogP contribution in [0.25, 0.3) is 10.9 Å². The number of rotatable bonds is 5. The summed E-state index contributed by atoms with van der Waals surface area (Å²) in [6, 6.07) is 24.5. The molecule has 0 unspecified atom stereocenters. The molecular weight excluding hydrogens is 346 g/mol. The van der Waals surface area contributed by atoms with Gasteiger partial charge in [0.1, 0.15) is 12.4 Å². The summed E-state index contributed by atoms with van der Waals surface area (Å²) in [4.78, 5) is 15.8. The molecule has 0 fully saturated rings. The van der Waals surface area contributed by atoms with Gasteiger partial charge in [0.25, 0.3) is 0 Å². The molecule has 0 aliphatic heterocycles. The van der Waals surface area contributed by atoms with Crippen molar-refractivity contribution >= 4 is 28.3 Å². The Morgan fingerprint density at radius 2 is 1.69 bits per heavy atom. The highest BCUT2D eigenvalue weighted by Crippen LogP contribution is 2.24. The number of H-pyrrole nitrogens is 1. The van der Waals surface area contributed by atoms with Crippen LogP contribution in [0.15, 0.2) is 78.9 Å². The number of ether oxygens (including phenoxy) is 1. The van der Waals surface area contributed by atoms with Gasteiger partial charge >= 0.3 is 0 Å². The molecule has 0 aliphatic carbocycles. The molecule has 0 amide bonds. The molecule has 0 radical (unpaired) electrons. The van der Waals surface area contributed by atoms with Crippen LogP contribution >= 0.6 is 11.6 Å². The third-order valence-electron chi connectivity index (χ3n) is 4.19. The minimum Gasteiger partial charge on any atom is -0.489 e.